The van der Waals surface area contributed by atoms with Crippen molar-refractivity contribution < 1.29 is 5.11 Å². The molecule has 1 aromatic carbocycles. The van der Waals surface area contributed by atoms with Crippen LogP contribution in [0.5, 0.6) is 0 Å². The summed E-state index contributed by atoms with van der Waals surface area (Å²) in [5.74, 6) is 0.540. The standard InChI is InChI=1S/C12H13ClN4O/c13-9-6-15-12(14)17-11(9)16-10(7-18)8-4-2-1-3-5-8/h1-6,10,18H,7H2,(H3,14,15,16,17). The average Bonchev–Trinajstić information content (AvgIpc) is 2.41. The van der Waals surface area contributed by atoms with Gasteiger partial charge >= 0.3 is 0 Å². The van der Waals surface area contributed by atoms with E-state index in [9.17, 15) is 5.11 Å². The minimum atomic E-state index is -0.294. The van der Waals surface area contributed by atoms with Crippen LogP contribution in [0.1, 0.15) is 11.6 Å². The van der Waals surface area contributed by atoms with Crippen molar-refractivity contribution >= 4 is 23.4 Å². The van der Waals surface area contributed by atoms with Crippen molar-refractivity contribution in [2.24, 2.45) is 0 Å². The zero-order chi connectivity index (χ0) is 13.0. The highest BCUT2D eigenvalue weighted by atomic mass is 35.5. The lowest BCUT2D eigenvalue weighted by Crippen LogP contribution is -2.16. The molecular formula is C12H13ClN4O. The molecule has 1 unspecified atom stereocenters. The van der Waals surface area contributed by atoms with Crippen LogP contribution in [0.2, 0.25) is 5.02 Å². The minimum Gasteiger partial charge on any atom is -0.394 e. The van der Waals surface area contributed by atoms with E-state index in [2.05, 4.69) is 15.3 Å². The Morgan fingerprint density at radius 1 is 1.33 bits per heavy atom. The number of aliphatic hydroxyl groups excluding tert-OH is 1. The minimum absolute atomic E-state index is 0.0791. The van der Waals surface area contributed by atoms with Crippen molar-refractivity contribution in [3.05, 3.63) is 47.1 Å². The van der Waals surface area contributed by atoms with E-state index in [1.165, 1.54) is 6.20 Å². The molecule has 0 aliphatic heterocycles. The van der Waals surface area contributed by atoms with E-state index in [1.807, 2.05) is 30.3 Å². The zero-order valence-corrected chi connectivity index (χ0v) is 10.3. The van der Waals surface area contributed by atoms with Crippen LogP contribution in [0.15, 0.2) is 36.5 Å². The predicted molar refractivity (Wildman–Crippen MR) is 71.3 cm³/mol. The number of hydrogen-bond acceptors (Lipinski definition) is 5. The Morgan fingerprint density at radius 2 is 2.06 bits per heavy atom. The molecule has 94 valence electrons. The Bertz CT molecular complexity index is 521. The predicted octanol–water partition coefficient (Wildman–Crippen LogP) is 1.86. The summed E-state index contributed by atoms with van der Waals surface area (Å²) in [4.78, 5) is 7.78. The number of halogens is 1. The molecule has 0 spiro atoms. The van der Waals surface area contributed by atoms with Crippen molar-refractivity contribution in [1.82, 2.24) is 9.97 Å². The van der Waals surface area contributed by atoms with Crippen LogP contribution in [0, 0.1) is 0 Å². The van der Waals surface area contributed by atoms with Gasteiger partial charge in [-0.25, -0.2) is 4.98 Å². The molecule has 0 fully saturated rings. The summed E-state index contributed by atoms with van der Waals surface area (Å²) in [6, 6.07) is 9.23. The second-order valence-electron chi connectivity index (χ2n) is 3.71. The van der Waals surface area contributed by atoms with Crippen LogP contribution in [0.25, 0.3) is 0 Å². The van der Waals surface area contributed by atoms with Crippen LogP contribution < -0.4 is 11.1 Å². The van der Waals surface area contributed by atoms with Gasteiger partial charge in [-0.15, -0.1) is 0 Å². The summed E-state index contributed by atoms with van der Waals surface area (Å²) in [6.07, 6.45) is 1.42. The molecule has 1 aromatic heterocycles. The number of benzene rings is 1. The molecule has 5 nitrogen and oxygen atoms in total. The van der Waals surface area contributed by atoms with E-state index in [-0.39, 0.29) is 18.6 Å². The van der Waals surface area contributed by atoms with Gasteiger partial charge in [0.15, 0.2) is 5.82 Å². The molecule has 0 aliphatic carbocycles. The molecule has 0 saturated carbocycles. The van der Waals surface area contributed by atoms with E-state index in [0.29, 0.717) is 10.8 Å². The van der Waals surface area contributed by atoms with Crippen LogP contribution in [-0.2, 0) is 0 Å². The summed E-state index contributed by atoms with van der Waals surface area (Å²) in [7, 11) is 0. The third-order valence-electron chi connectivity index (χ3n) is 2.46. The number of nitrogens with two attached hydrogens (primary N) is 1. The van der Waals surface area contributed by atoms with Gasteiger partial charge in [0.25, 0.3) is 0 Å². The van der Waals surface area contributed by atoms with Gasteiger partial charge in [-0.05, 0) is 5.56 Å². The van der Waals surface area contributed by atoms with Gasteiger partial charge < -0.3 is 16.2 Å². The van der Waals surface area contributed by atoms with Crippen molar-refractivity contribution in [3.63, 3.8) is 0 Å². The summed E-state index contributed by atoms with van der Waals surface area (Å²) in [6.45, 7) is -0.0791. The fourth-order valence-corrected chi connectivity index (χ4v) is 1.71. The third-order valence-corrected chi connectivity index (χ3v) is 2.73. The number of rotatable bonds is 4. The van der Waals surface area contributed by atoms with Gasteiger partial charge in [0.1, 0.15) is 5.02 Å². The highest BCUT2D eigenvalue weighted by Gasteiger charge is 2.13. The van der Waals surface area contributed by atoms with Gasteiger partial charge in [-0.3, -0.25) is 0 Å². The molecule has 2 rings (SSSR count). The first kappa shape index (κ1) is 12.6. The quantitative estimate of drug-likeness (QED) is 0.785. The summed E-state index contributed by atoms with van der Waals surface area (Å²) in [5, 5.41) is 12.8. The van der Waals surface area contributed by atoms with Gasteiger partial charge in [-0.2, -0.15) is 4.98 Å². The molecule has 0 amide bonds. The molecule has 4 N–H and O–H groups in total. The van der Waals surface area contributed by atoms with E-state index in [4.69, 9.17) is 17.3 Å². The Morgan fingerprint density at radius 3 is 2.72 bits per heavy atom. The molecule has 0 aliphatic rings. The number of nitrogens with one attached hydrogen (secondary N) is 1. The topological polar surface area (TPSA) is 84.1 Å². The zero-order valence-electron chi connectivity index (χ0n) is 9.55. The molecule has 0 bridgehead atoms. The Labute approximate surface area is 110 Å². The molecule has 0 radical (unpaired) electrons. The van der Waals surface area contributed by atoms with Crippen LogP contribution in [0.4, 0.5) is 11.8 Å². The fraction of sp³-hybridized carbons (Fsp3) is 0.167. The summed E-state index contributed by atoms with van der Waals surface area (Å²) >= 11 is 5.96. The third kappa shape index (κ3) is 2.88. The van der Waals surface area contributed by atoms with Gasteiger partial charge in [-0.1, -0.05) is 41.9 Å². The van der Waals surface area contributed by atoms with Crippen molar-refractivity contribution in [3.8, 4) is 0 Å². The lowest BCUT2D eigenvalue weighted by Gasteiger charge is -2.18. The highest BCUT2D eigenvalue weighted by Crippen LogP contribution is 2.24. The van der Waals surface area contributed by atoms with E-state index in [0.717, 1.165) is 5.56 Å². The number of hydrogen-bond donors (Lipinski definition) is 3. The Kier molecular flexibility index (Phi) is 3.96. The fourth-order valence-electron chi connectivity index (χ4n) is 1.57. The lowest BCUT2D eigenvalue weighted by molar-refractivity contribution is 0.276. The molecule has 2 aromatic rings. The van der Waals surface area contributed by atoms with Crippen molar-refractivity contribution in [1.29, 1.82) is 0 Å². The maximum Gasteiger partial charge on any atom is 0.222 e. The first-order valence-corrected chi connectivity index (χ1v) is 5.79. The first-order chi connectivity index (χ1) is 8.70. The molecule has 6 heteroatoms. The van der Waals surface area contributed by atoms with Crippen molar-refractivity contribution in [2.75, 3.05) is 17.7 Å². The largest absolute Gasteiger partial charge is 0.394 e. The summed E-state index contributed by atoms with van der Waals surface area (Å²) in [5.41, 5.74) is 6.44. The summed E-state index contributed by atoms with van der Waals surface area (Å²) < 4.78 is 0. The molecule has 0 saturated heterocycles. The second kappa shape index (κ2) is 5.66. The van der Waals surface area contributed by atoms with Gasteiger partial charge in [0.05, 0.1) is 18.8 Å². The molecule has 18 heavy (non-hydrogen) atoms. The van der Waals surface area contributed by atoms with Crippen LogP contribution in [-0.4, -0.2) is 21.7 Å². The highest BCUT2D eigenvalue weighted by molar-refractivity contribution is 6.32. The molecular weight excluding hydrogens is 252 g/mol. The normalized spacial score (nSPS) is 12.1. The number of nitrogens with zero attached hydrogens (tertiary/aromatic N) is 2. The maximum atomic E-state index is 9.42. The second-order valence-corrected chi connectivity index (χ2v) is 4.12. The number of aromatic nitrogens is 2. The van der Waals surface area contributed by atoms with Gasteiger partial charge in [0.2, 0.25) is 5.95 Å². The Balaban J connectivity index is 2.23. The van der Waals surface area contributed by atoms with Gasteiger partial charge in [0, 0.05) is 0 Å². The average molecular weight is 265 g/mol. The SMILES string of the molecule is Nc1ncc(Cl)c(NC(CO)c2ccccc2)n1. The smallest absolute Gasteiger partial charge is 0.222 e. The molecule has 1 atom stereocenters. The van der Waals surface area contributed by atoms with E-state index < -0.39 is 0 Å². The Hall–Kier alpha value is -1.85. The maximum absolute atomic E-state index is 9.42. The lowest BCUT2D eigenvalue weighted by atomic mass is 10.1. The number of anilines is 2. The van der Waals surface area contributed by atoms with Crippen molar-refractivity contribution in [2.45, 2.75) is 6.04 Å². The number of aliphatic hydroxyl groups is 1. The first-order valence-electron chi connectivity index (χ1n) is 5.41. The number of nitrogen functional groups attached to an aromatic ring is 1. The monoisotopic (exact) mass is 264 g/mol. The van der Waals surface area contributed by atoms with Crippen LogP contribution >= 0.6 is 11.6 Å². The van der Waals surface area contributed by atoms with Crippen LogP contribution in [0.3, 0.4) is 0 Å². The molecule has 1 heterocycles. The van der Waals surface area contributed by atoms with E-state index in [1.54, 1.807) is 0 Å². The van der Waals surface area contributed by atoms with E-state index >= 15 is 0 Å².